The van der Waals surface area contributed by atoms with Gasteiger partial charge in [-0.25, -0.2) is 0 Å². The van der Waals surface area contributed by atoms with Gasteiger partial charge in [0.15, 0.2) is 0 Å². The van der Waals surface area contributed by atoms with Crippen LogP contribution in [0.25, 0.3) is 0 Å². The first-order valence-electron chi connectivity index (χ1n) is 4.17. The van der Waals surface area contributed by atoms with E-state index in [0.29, 0.717) is 0 Å². The second kappa shape index (κ2) is 4.60. The number of ether oxygens (including phenoxy) is 1. The predicted molar refractivity (Wildman–Crippen MR) is 51.7 cm³/mol. The average Bonchev–Trinajstić information content (AvgIpc) is 1.93. The molecule has 0 heterocycles. The molecule has 0 aromatic carbocycles. The predicted octanol–water partition coefficient (Wildman–Crippen LogP) is 2.98. The first-order valence-corrected chi connectivity index (χ1v) is 4.17. The van der Waals surface area contributed by atoms with Crippen LogP contribution < -0.4 is 0 Å². The molecule has 0 aromatic heterocycles. The molecule has 0 spiro atoms. The van der Waals surface area contributed by atoms with Gasteiger partial charge >= 0.3 is 0 Å². The van der Waals surface area contributed by atoms with Crippen molar-refractivity contribution in [3.8, 4) is 0 Å². The van der Waals surface area contributed by atoms with Crippen LogP contribution in [-0.2, 0) is 4.74 Å². The first-order chi connectivity index (χ1) is 5.79. The Balaban J connectivity index is 2.62. The molecule has 0 bridgehead atoms. The van der Waals surface area contributed by atoms with E-state index in [4.69, 9.17) is 4.74 Å². The molecule has 0 saturated heterocycles. The minimum Gasteiger partial charge on any atom is -0.491 e. The Labute approximate surface area is 73.7 Å². The molecule has 64 valence electrons. The molecule has 1 aliphatic carbocycles. The van der Waals surface area contributed by atoms with Gasteiger partial charge in [0.1, 0.15) is 5.76 Å². The molecular weight excluding hydrogens is 148 g/mol. The molecule has 0 saturated carbocycles. The van der Waals surface area contributed by atoms with Gasteiger partial charge in [-0.2, -0.15) is 0 Å². The van der Waals surface area contributed by atoms with Gasteiger partial charge in [0.2, 0.25) is 0 Å². The van der Waals surface area contributed by atoms with Crippen LogP contribution in [0.3, 0.4) is 0 Å². The Kier molecular flexibility index (Phi) is 3.39. The molecule has 12 heavy (non-hydrogen) atoms. The summed E-state index contributed by atoms with van der Waals surface area (Å²) in [7, 11) is 0. The third-order valence-corrected chi connectivity index (χ3v) is 1.34. The molecule has 0 fully saturated rings. The SMILES string of the molecule is CC(C)OC1=C/C=C\C=C/C=C\1. The second-order valence-electron chi connectivity index (χ2n) is 2.86. The fourth-order valence-corrected chi connectivity index (χ4v) is 0.900. The van der Waals surface area contributed by atoms with Gasteiger partial charge in [-0.3, -0.25) is 0 Å². The lowest BCUT2D eigenvalue weighted by Crippen LogP contribution is -2.00. The molecular formula is C11H14O. The van der Waals surface area contributed by atoms with E-state index in [1.165, 1.54) is 0 Å². The lowest BCUT2D eigenvalue weighted by Gasteiger charge is -2.09. The zero-order valence-electron chi connectivity index (χ0n) is 7.53. The summed E-state index contributed by atoms with van der Waals surface area (Å²) in [6, 6.07) is 0. The number of hydrogen-bond donors (Lipinski definition) is 0. The maximum absolute atomic E-state index is 5.52. The van der Waals surface area contributed by atoms with Gasteiger partial charge in [-0.1, -0.05) is 30.4 Å². The van der Waals surface area contributed by atoms with E-state index >= 15 is 0 Å². The van der Waals surface area contributed by atoms with Crippen molar-refractivity contribution >= 4 is 0 Å². The smallest absolute Gasteiger partial charge is 0.119 e. The van der Waals surface area contributed by atoms with Crippen LogP contribution in [0, 0.1) is 0 Å². The van der Waals surface area contributed by atoms with Crippen LogP contribution in [0.5, 0.6) is 0 Å². The lowest BCUT2D eigenvalue weighted by molar-refractivity contribution is 0.158. The minimum atomic E-state index is 0.234. The fraction of sp³-hybridized carbons (Fsp3) is 0.273. The van der Waals surface area contributed by atoms with Crippen molar-refractivity contribution in [2.45, 2.75) is 20.0 Å². The minimum absolute atomic E-state index is 0.234. The molecule has 1 heteroatoms. The van der Waals surface area contributed by atoms with Crippen LogP contribution in [0.15, 0.2) is 48.3 Å². The maximum Gasteiger partial charge on any atom is 0.119 e. The van der Waals surface area contributed by atoms with E-state index in [9.17, 15) is 0 Å². The van der Waals surface area contributed by atoms with Crippen molar-refractivity contribution < 1.29 is 4.74 Å². The zero-order chi connectivity index (χ0) is 8.81. The van der Waals surface area contributed by atoms with Crippen LogP contribution in [-0.4, -0.2) is 6.10 Å². The third kappa shape index (κ3) is 3.24. The van der Waals surface area contributed by atoms with Crippen molar-refractivity contribution in [3.05, 3.63) is 48.3 Å². The van der Waals surface area contributed by atoms with E-state index in [1.807, 2.05) is 56.4 Å². The Morgan fingerprint density at radius 3 is 2.42 bits per heavy atom. The van der Waals surface area contributed by atoms with Crippen molar-refractivity contribution in [1.29, 1.82) is 0 Å². The van der Waals surface area contributed by atoms with E-state index in [-0.39, 0.29) is 6.10 Å². The molecule has 0 aromatic rings. The first kappa shape index (κ1) is 8.85. The van der Waals surface area contributed by atoms with Gasteiger partial charge in [0, 0.05) is 0 Å². The van der Waals surface area contributed by atoms with E-state index in [2.05, 4.69) is 0 Å². The summed E-state index contributed by atoms with van der Waals surface area (Å²) in [6.45, 7) is 4.04. The van der Waals surface area contributed by atoms with Gasteiger partial charge in [0.25, 0.3) is 0 Å². The summed E-state index contributed by atoms with van der Waals surface area (Å²) in [5.74, 6) is 0.908. The van der Waals surface area contributed by atoms with Gasteiger partial charge in [-0.15, -0.1) is 0 Å². The highest BCUT2D eigenvalue weighted by molar-refractivity contribution is 5.27. The maximum atomic E-state index is 5.52. The molecule has 1 nitrogen and oxygen atoms in total. The molecule has 0 aliphatic heterocycles. The largest absolute Gasteiger partial charge is 0.491 e. The zero-order valence-corrected chi connectivity index (χ0v) is 7.53. The number of hydrogen-bond acceptors (Lipinski definition) is 1. The van der Waals surface area contributed by atoms with Crippen LogP contribution >= 0.6 is 0 Å². The normalized spacial score (nSPS) is 28.1. The molecule has 0 unspecified atom stereocenters. The van der Waals surface area contributed by atoms with Gasteiger partial charge < -0.3 is 4.74 Å². The van der Waals surface area contributed by atoms with Crippen LogP contribution in [0.2, 0.25) is 0 Å². The number of allylic oxidation sites excluding steroid dienone is 7. The highest BCUT2D eigenvalue weighted by Gasteiger charge is 1.95. The monoisotopic (exact) mass is 162 g/mol. The standard InChI is InChI=1S/C11H14O/c1-10(2)12-11-8-6-4-3-5-7-9-11/h3-10H,1-2H3/b4-3-,5-3?,6-4?,7-5-,8-6-,9-7?,11-8?,11-9+. The second-order valence-corrected chi connectivity index (χ2v) is 2.86. The topological polar surface area (TPSA) is 9.23 Å². The highest BCUT2D eigenvalue weighted by atomic mass is 16.5. The molecule has 1 aliphatic rings. The molecule has 0 atom stereocenters. The Morgan fingerprint density at radius 2 is 1.67 bits per heavy atom. The van der Waals surface area contributed by atoms with E-state index in [0.717, 1.165) is 5.76 Å². The molecule has 0 radical (unpaired) electrons. The molecule has 0 N–H and O–H groups in total. The van der Waals surface area contributed by atoms with Gasteiger partial charge in [0.05, 0.1) is 6.10 Å². The summed E-state index contributed by atoms with van der Waals surface area (Å²) in [6.07, 6.45) is 14.0. The quantitative estimate of drug-likeness (QED) is 0.606. The lowest BCUT2D eigenvalue weighted by atomic mass is 10.3. The van der Waals surface area contributed by atoms with Crippen molar-refractivity contribution in [3.63, 3.8) is 0 Å². The summed E-state index contributed by atoms with van der Waals surface area (Å²) in [4.78, 5) is 0. The summed E-state index contributed by atoms with van der Waals surface area (Å²) >= 11 is 0. The Bertz CT molecular complexity index is 242. The van der Waals surface area contributed by atoms with E-state index in [1.54, 1.807) is 0 Å². The molecule has 0 amide bonds. The van der Waals surface area contributed by atoms with Crippen molar-refractivity contribution in [1.82, 2.24) is 0 Å². The summed E-state index contributed by atoms with van der Waals surface area (Å²) in [5.41, 5.74) is 0. The highest BCUT2D eigenvalue weighted by Crippen LogP contribution is 2.06. The average molecular weight is 162 g/mol. The van der Waals surface area contributed by atoms with Crippen LogP contribution in [0.1, 0.15) is 13.8 Å². The van der Waals surface area contributed by atoms with Crippen molar-refractivity contribution in [2.75, 3.05) is 0 Å². The molecule has 1 rings (SSSR count). The van der Waals surface area contributed by atoms with Crippen molar-refractivity contribution in [2.24, 2.45) is 0 Å². The fourth-order valence-electron chi connectivity index (χ4n) is 0.900. The summed E-state index contributed by atoms with van der Waals surface area (Å²) < 4.78 is 5.52. The van der Waals surface area contributed by atoms with Crippen LogP contribution in [0.4, 0.5) is 0 Å². The number of rotatable bonds is 2. The Morgan fingerprint density at radius 1 is 1.00 bits per heavy atom. The van der Waals surface area contributed by atoms with Gasteiger partial charge in [-0.05, 0) is 26.0 Å². The summed E-state index contributed by atoms with van der Waals surface area (Å²) in [5, 5.41) is 0. The third-order valence-electron chi connectivity index (χ3n) is 1.34. The Hall–Kier alpha value is -1.24. The van der Waals surface area contributed by atoms with E-state index < -0.39 is 0 Å².